The molecule has 0 spiro atoms. The lowest BCUT2D eigenvalue weighted by atomic mass is 10.1. The molecule has 2 aromatic rings. The Kier molecular flexibility index (Phi) is 2.45. The van der Waals surface area contributed by atoms with Crippen LogP contribution in [0.2, 0.25) is 0 Å². The average molecular weight is 240 g/mol. The summed E-state index contributed by atoms with van der Waals surface area (Å²) in [6, 6.07) is 12.4. The van der Waals surface area contributed by atoms with Gasteiger partial charge in [0.2, 0.25) is 0 Å². The normalized spacial score (nSPS) is 15.4. The minimum Gasteiger partial charge on any atom is -0.508 e. The Labute approximate surface area is 105 Å². The number of hydrogen-bond donors (Lipinski definition) is 2. The highest BCUT2D eigenvalue weighted by Crippen LogP contribution is 2.33. The Morgan fingerprint density at radius 3 is 2.67 bits per heavy atom. The third kappa shape index (κ3) is 1.91. The molecule has 0 atom stereocenters. The summed E-state index contributed by atoms with van der Waals surface area (Å²) in [5.41, 5.74) is 1.78. The van der Waals surface area contributed by atoms with Crippen molar-refractivity contribution in [1.29, 1.82) is 0 Å². The van der Waals surface area contributed by atoms with Gasteiger partial charge >= 0.3 is 0 Å². The van der Waals surface area contributed by atoms with Gasteiger partial charge in [-0.15, -0.1) is 0 Å². The molecule has 2 N–H and O–H groups in total. The molecule has 18 heavy (non-hydrogen) atoms. The molecule has 0 aliphatic carbocycles. The number of phenols is 2. The summed E-state index contributed by atoms with van der Waals surface area (Å²) in [6.07, 6.45) is 2.51. The van der Waals surface area contributed by atoms with Crippen LogP contribution < -0.4 is 4.74 Å². The lowest BCUT2D eigenvalue weighted by Gasteiger charge is -2.02. The zero-order chi connectivity index (χ0) is 12.5. The molecular weight excluding hydrogens is 228 g/mol. The van der Waals surface area contributed by atoms with Gasteiger partial charge in [-0.05, 0) is 24.3 Å². The van der Waals surface area contributed by atoms with Crippen molar-refractivity contribution in [3.8, 4) is 17.2 Å². The fraction of sp³-hybridized carbons (Fsp3) is 0.0667. The van der Waals surface area contributed by atoms with Crippen LogP contribution in [0.1, 0.15) is 11.1 Å². The highest BCUT2D eigenvalue weighted by Gasteiger charge is 2.16. The average Bonchev–Trinajstić information content (AvgIpc) is 2.75. The molecule has 0 amide bonds. The van der Waals surface area contributed by atoms with Crippen LogP contribution in [0, 0.1) is 0 Å². The molecule has 1 aliphatic heterocycles. The third-order valence-electron chi connectivity index (χ3n) is 2.91. The molecule has 0 aromatic heterocycles. The van der Waals surface area contributed by atoms with Crippen molar-refractivity contribution < 1.29 is 14.9 Å². The number of benzene rings is 2. The van der Waals surface area contributed by atoms with Gasteiger partial charge in [-0.25, -0.2) is 0 Å². The van der Waals surface area contributed by atoms with Crippen LogP contribution in [0.5, 0.6) is 17.2 Å². The summed E-state index contributed by atoms with van der Waals surface area (Å²) in [7, 11) is 0. The molecule has 3 rings (SSSR count). The zero-order valence-corrected chi connectivity index (χ0v) is 9.63. The second-order valence-corrected chi connectivity index (χ2v) is 4.24. The lowest BCUT2D eigenvalue weighted by Crippen LogP contribution is -1.88. The number of aromatic hydroxyl groups is 2. The van der Waals surface area contributed by atoms with Gasteiger partial charge < -0.3 is 14.9 Å². The molecule has 1 aliphatic rings. The number of hydrogen-bond acceptors (Lipinski definition) is 3. The van der Waals surface area contributed by atoms with Crippen molar-refractivity contribution in [2.24, 2.45) is 0 Å². The van der Waals surface area contributed by atoms with Crippen molar-refractivity contribution >= 4 is 6.08 Å². The summed E-state index contributed by atoms with van der Waals surface area (Å²) in [6.45, 7) is 0. The molecular formula is C15H12O3. The van der Waals surface area contributed by atoms with E-state index >= 15 is 0 Å². The fourth-order valence-corrected chi connectivity index (χ4v) is 2.02. The number of rotatable bonds is 1. The summed E-state index contributed by atoms with van der Waals surface area (Å²) in [5.74, 6) is 1.74. The van der Waals surface area contributed by atoms with E-state index in [2.05, 4.69) is 0 Å². The molecule has 1 heterocycles. The van der Waals surface area contributed by atoms with Crippen molar-refractivity contribution in [1.82, 2.24) is 0 Å². The standard InChI is InChI=1S/C15H12O3/c16-12-6-5-10(14(17)9-12)7-13-8-11-3-1-2-4-15(11)18-13/h1-7,9,16-17H,8H2/b13-7+. The van der Waals surface area contributed by atoms with E-state index < -0.39 is 0 Å². The Morgan fingerprint density at radius 1 is 1.06 bits per heavy atom. The van der Waals surface area contributed by atoms with E-state index in [0.29, 0.717) is 5.56 Å². The van der Waals surface area contributed by atoms with E-state index in [4.69, 9.17) is 4.74 Å². The van der Waals surface area contributed by atoms with Crippen molar-refractivity contribution in [2.75, 3.05) is 0 Å². The Morgan fingerprint density at radius 2 is 1.89 bits per heavy atom. The predicted molar refractivity (Wildman–Crippen MR) is 68.5 cm³/mol. The second kappa shape index (κ2) is 4.11. The van der Waals surface area contributed by atoms with Crippen LogP contribution >= 0.6 is 0 Å². The minimum atomic E-state index is 0.0436. The van der Waals surface area contributed by atoms with Gasteiger partial charge in [0.1, 0.15) is 23.0 Å². The Bertz CT molecular complexity index is 602. The molecule has 0 radical (unpaired) electrons. The van der Waals surface area contributed by atoms with Crippen molar-refractivity contribution in [3.63, 3.8) is 0 Å². The summed E-state index contributed by atoms with van der Waals surface area (Å²) in [4.78, 5) is 0. The maximum atomic E-state index is 9.71. The van der Waals surface area contributed by atoms with E-state index in [9.17, 15) is 10.2 Å². The number of fused-ring (bicyclic) bond motifs is 1. The van der Waals surface area contributed by atoms with Crippen LogP contribution in [-0.4, -0.2) is 10.2 Å². The van der Waals surface area contributed by atoms with E-state index in [-0.39, 0.29) is 11.5 Å². The highest BCUT2D eigenvalue weighted by molar-refractivity contribution is 5.62. The summed E-state index contributed by atoms with van der Waals surface area (Å²) < 4.78 is 5.68. The highest BCUT2D eigenvalue weighted by atomic mass is 16.5. The number of phenolic OH excluding ortho intramolecular Hbond substituents is 2. The van der Waals surface area contributed by atoms with Crippen LogP contribution in [0.15, 0.2) is 48.2 Å². The molecule has 0 fully saturated rings. The van der Waals surface area contributed by atoms with E-state index in [0.717, 1.165) is 23.5 Å². The monoisotopic (exact) mass is 240 g/mol. The molecule has 0 saturated carbocycles. The van der Waals surface area contributed by atoms with Crippen molar-refractivity contribution in [2.45, 2.75) is 6.42 Å². The van der Waals surface area contributed by atoms with E-state index in [1.54, 1.807) is 12.1 Å². The van der Waals surface area contributed by atoms with Crippen LogP contribution in [0.25, 0.3) is 6.08 Å². The van der Waals surface area contributed by atoms with Gasteiger partial charge in [0, 0.05) is 23.6 Å². The molecule has 3 nitrogen and oxygen atoms in total. The lowest BCUT2D eigenvalue weighted by molar-refractivity contribution is 0.444. The van der Waals surface area contributed by atoms with Crippen molar-refractivity contribution in [3.05, 3.63) is 59.4 Å². The fourth-order valence-electron chi connectivity index (χ4n) is 2.02. The van der Waals surface area contributed by atoms with Crippen LogP contribution in [-0.2, 0) is 6.42 Å². The maximum Gasteiger partial charge on any atom is 0.130 e. The zero-order valence-electron chi connectivity index (χ0n) is 9.63. The van der Waals surface area contributed by atoms with Gasteiger partial charge in [0.25, 0.3) is 0 Å². The van der Waals surface area contributed by atoms with Gasteiger partial charge in [-0.2, -0.15) is 0 Å². The summed E-state index contributed by atoms with van der Waals surface area (Å²) in [5, 5.41) is 18.9. The largest absolute Gasteiger partial charge is 0.508 e. The molecule has 90 valence electrons. The van der Waals surface area contributed by atoms with Crippen LogP contribution in [0.4, 0.5) is 0 Å². The predicted octanol–water partition coefficient (Wildman–Crippen LogP) is 3.07. The maximum absolute atomic E-state index is 9.71. The number of allylic oxidation sites excluding steroid dienone is 1. The first-order valence-electron chi connectivity index (χ1n) is 5.71. The number of para-hydroxylation sites is 1. The first-order chi connectivity index (χ1) is 8.72. The molecule has 2 aromatic carbocycles. The van der Waals surface area contributed by atoms with E-state index in [1.165, 1.54) is 12.1 Å². The quantitative estimate of drug-likeness (QED) is 0.805. The number of ether oxygens (including phenoxy) is 1. The van der Waals surface area contributed by atoms with Gasteiger partial charge in [-0.3, -0.25) is 0 Å². The summed E-state index contributed by atoms with van der Waals surface area (Å²) >= 11 is 0. The smallest absolute Gasteiger partial charge is 0.130 e. The van der Waals surface area contributed by atoms with Gasteiger partial charge in [0.05, 0.1) is 0 Å². The van der Waals surface area contributed by atoms with E-state index in [1.807, 2.05) is 24.3 Å². The first-order valence-corrected chi connectivity index (χ1v) is 5.71. The topological polar surface area (TPSA) is 49.7 Å². The first kappa shape index (κ1) is 10.7. The van der Waals surface area contributed by atoms with Gasteiger partial charge in [0.15, 0.2) is 0 Å². The SMILES string of the molecule is Oc1ccc(/C=C2\Cc3ccccc3O2)c(O)c1. The van der Waals surface area contributed by atoms with Crippen LogP contribution in [0.3, 0.4) is 0 Å². The minimum absolute atomic E-state index is 0.0436. The Balaban J connectivity index is 1.92. The Hall–Kier alpha value is -2.42. The van der Waals surface area contributed by atoms with Gasteiger partial charge in [-0.1, -0.05) is 18.2 Å². The molecule has 0 bridgehead atoms. The third-order valence-corrected chi connectivity index (χ3v) is 2.91. The molecule has 0 unspecified atom stereocenters. The molecule has 3 heteroatoms. The molecule has 0 saturated heterocycles. The second-order valence-electron chi connectivity index (χ2n) is 4.24.